The van der Waals surface area contributed by atoms with Crippen molar-refractivity contribution in [3.8, 4) is 10.4 Å². The maximum atomic E-state index is 6.48. The average Bonchev–Trinajstić information content (AvgIpc) is 3.49. The molecule has 0 aliphatic carbocycles. The Morgan fingerprint density at radius 2 is 1.92 bits per heavy atom. The zero-order valence-electron chi connectivity index (χ0n) is 22.3. The molecule has 3 heterocycles. The van der Waals surface area contributed by atoms with Gasteiger partial charge in [0.05, 0.1) is 6.54 Å². The minimum atomic E-state index is -1.81. The largest absolute Gasteiger partial charge is 0.417 e. The molecule has 0 saturated heterocycles. The van der Waals surface area contributed by atoms with Crippen LogP contribution in [0.3, 0.4) is 0 Å². The summed E-state index contributed by atoms with van der Waals surface area (Å²) in [6.45, 7) is 13.6. The van der Waals surface area contributed by atoms with Crippen LogP contribution in [0.4, 0.5) is 17.5 Å². The van der Waals surface area contributed by atoms with Crippen molar-refractivity contribution in [2.75, 3.05) is 23.8 Å². The molecule has 2 aromatic heterocycles. The zero-order valence-corrected chi connectivity index (χ0v) is 24.1. The van der Waals surface area contributed by atoms with E-state index >= 15 is 0 Å². The van der Waals surface area contributed by atoms with Crippen molar-refractivity contribution >= 4 is 53.4 Å². The van der Waals surface area contributed by atoms with Crippen molar-refractivity contribution in [1.82, 2.24) is 9.97 Å². The molecule has 4 aromatic rings. The second kappa shape index (κ2) is 10.0. The molecule has 1 aliphatic rings. The van der Waals surface area contributed by atoms with Gasteiger partial charge in [0.1, 0.15) is 5.82 Å². The fourth-order valence-corrected chi connectivity index (χ4v) is 6.55. The van der Waals surface area contributed by atoms with Crippen LogP contribution in [0.5, 0.6) is 0 Å². The first kappa shape index (κ1) is 25.6. The standard InChI is InChI=1S/C29H35N5OSSi/c1-29(2,3)37(4,5)35-14-8-13-34(27-11-12-32-28(30)33-27)22-15-21-18-31-19-24(21)23(17-22)26-16-20-9-6-7-10-25(20)36-26/h6-7,9-12,15-18H,8,13-14,19H2,1-5H3,(H2,30,32,33). The van der Waals surface area contributed by atoms with Crippen molar-refractivity contribution in [3.63, 3.8) is 0 Å². The van der Waals surface area contributed by atoms with Gasteiger partial charge in [0.2, 0.25) is 5.95 Å². The van der Waals surface area contributed by atoms with E-state index in [-0.39, 0.29) is 11.0 Å². The summed E-state index contributed by atoms with van der Waals surface area (Å²) in [5.74, 6) is 1.06. The number of anilines is 3. The minimum Gasteiger partial charge on any atom is -0.417 e. The molecule has 0 unspecified atom stereocenters. The lowest BCUT2D eigenvalue weighted by molar-refractivity contribution is 0.284. The number of fused-ring (bicyclic) bond motifs is 2. The van der Waals surface area contributed by atoms with E-state index in [0.717, 1.165) is 30.0 Å². The van der Waals surface area contributed by atoms with Gasteiger partial charge >= 0.3 is 0 Å². The van der Waals surface area contributed by atoms with Crippen LogP contribution < -0.4 is 10.6 Å². The summed E-state index contributed by atoms with van der Waals surface area (Å²) in [6, 6.07) is 17.3. The van der Waals surface area contributed by atoms with Gasteiger partial charge in [-0.3, -0.25) is 4.99 Å². The minimum absolute atomic E-state index is 0.187. The molecule has 0 spiro atoms. The summed E-state index contributed by atoms with van der Waals surface area (Å²) in [5, 5.41) is 1.45. The summed E-state index contributed by atoms with van der Waals surface area (Å²) in [5.41, 5.74) is 10.7. The molecular formula is C29H35N5OSSi. The Morgan fingerprint density at radius 3 is 2.68 bits per heavy atom. The van der Waals surface area contributed by atoms with Gasteiger partial charge in [-0.2, -0.15) is 4.98 Å². The van der Waals surface area contributed by atoms with Crippen LogP contribution >= 0.6 is 11.3 Å². The van der Waals surface area contributed by atoms with E-state index in [0.29, 0.717) is 13.2 Å². The number of aromatic nitrogens is 2. The summed E-state index contributed by atoms with van der Waals surface area (Å²) >= 11 is 1.83. The zero-order chi connectivity index (χ0) is 26.2. The van der Waals surface area contributed by atoms with Crippen molar-refractivity contribution in [3.05, 3.63) is 65.9 Å². The normalized spacial score (nSPS) is 13.3. The van der Waals surface area contributed by atoms with Gasteiger partial charge in [-0.05, 0) is 71.4 Å². The number of benzene rings is 2. The van der Waals surface area contributed by atoms with Crippen LogP contribution in [-0.4, -0.2) is 37.7 Å². The summed E-state index contributed by atoms with van der Waals surface area (Å²) < 4.78 is 7.77. The van der Waals surface area contributed by atoms with E-state index in [2.05, 4.69) is 96.2 Å². The number of hydrogen-bond donors (Lipinski definition) is 1. The Kier molecular flexibility index (Phi) is 6.91. The first-order valence-electron chi connectivity index (χ1n) is 12.8. The first-order valence-corrected chi connectivity index (χ1v) is 16.5. The van der Waals surface area contributed by atoms with Crippen LogP contribution in [0.25, 0.3) is 20.5 Å². The lowest BCUT2D eigenvalue weighted by Gasteiger charge is -2.36. The van der Waals surface area contributed by atoms with E-state index in [1.807, 2.05) is 23.6 Å². The highest BCUT2D eigenvalue weighted by Gasteiger charge is 2.36. The van der Waals surface area contributed by atoms with Crippen LogP contribution in [0.15, 0.2) is 59.7 Å². The maximum Gasteiger partial charge on any atom is 0.221 e. The number of nitrogens with two attached hydrogens (primary N) is 1. The highest BCUT2D eigenvalue weighted by molar-refractivity contribution is 7.22. The van der Waals surface area contributed by atoms with Crippen LogP contribution in [0, 0.1) is 0 Å². The first-order chi connectivity index (χ1) is 17.6. The fourth-order valence-electron chi connectivity index (χ4n) is 4.35. The van der Waals surface area contributed by atoms with Gasteiger partial charge < -0.3 is 15.1 Å². The maximum absolute atomic E-state index is 6.48. The van der Waals surface area contributed by atoms with E-state index in [4.69, 9.17) is 10.2 Å². The number of thiophene rings is 1. The van der Waals surface area contributed by atoms with E-state index in [9.17, 15) is 0 Å². The molecule has 5 rings (SSSR count). The topological polar surface area (TPSA) is 76.6 Å². The van der Waals surface area contributed by atoms with Crippen molar-refractivity contribution in [2.24, 2.45) is 4.99 Å². The molecule has 0 bridgehead atoms. The Hall–Kier alpha value is -3.07. The molecule has 6 nitrogen and oxygen atoms in total. The quantitative estimate of drug-likeness (QED) is 0.190. The van der Waals surface area contributed by atoms with Gasteiger partial charge in [-0.25, -0.2) is 4.98 Å². The van der Waals surface area contributed by atoms with Gasteiger partial charge in [0, 0.05) is 46.4 Å². The second-order valence-corrected chi connectivity index (χ2v) is 17.0. The molecule has 192 valence electrons. The molecule has 37 heavy (non-hydrogen) atoms. The number of nitrogen functional groups attached to an aromatic ring is 1. The Labute approximate surface area is 224 Å². The lowest BCUT2D eigenvalue weighted by Crippen LogP contribution is -2.41. The SMILES string of the molecule is CC(C)(C)[Si](C)(C)OCCCN(c1cc2c(c(-c3cc4ccccc4s3)c1)CN=C2)c1ccnc(N)n1. The van der Waals surface area contributed by atoms with E-state index < -0.39 is 8.32 Å². The van der Waals surface area contributed by atoms with Gasteiger partial charge in [0.25, 0.3) is 0 Å². The number of aliphatic imine (C=N–C) groups is 1. The molecular weight excluding hydrogens is 495 g/mol. The van der Waals surface area contributed by atoms with Crippen LogP contribution in [-0.2, 0) is 11.0 Å². The summed E-state index contributed by atoms with van der Waals surface area (Å²) in [7, 11) is -1.81. The van der Waals surface area contributed by atoms with Crippen LogP contribution in [0.2, 0.25) is 18.1 Å². The number of rotatable bonds is 8. The van der Waals surface area contributed by atoms with Gasteiger partial charge in [0.15, 0.2) is 8.32 Å². The van der Waals surface area contributed by atoms with Crippen molar-refractivity contribution in [2.45, 2.75) is 51.9 Å². The summed E-state index contributed by atoms with van der Waals surface area (Å²) in [4.78, 5) is 16.8. The third-order valence-electron chi connectivity index (χ3n) is 7.48. The van der Waals surface area contributed by atoms with Crippen molar-refractivity contribution in [1.29, 1.82) is 0 Å². The highest BCUT2D eigenvalue weighted by atomic mass is 32.1. The third-order valence-corrected chi connectivity index (χ3v) is 13.2. The predicted octanol–water partition coefficient (Wildman–Crippen LogP) is 7.42. The van der Waals surface area contributed by atoms with Gasteiger partial charge in [-0.1, -0.05) is 39.0 Å². The predicted molar refractivity (Wildman–Crippen MR) is 160 cm³/mol. The van der Waals surface area contributed by atoms with Crippen molar-refractivity contribution < 1.29 is 4.43 Å². The molecule has 0 radical (unpaired) electrons. The molecule has 8 heteroatoms. The monoisotopic (exact) mass is 529 g/mol. The van der Waals surface area contributed by atoms with Gasteiger partial charge in [-0.15, -0.1) is 11.3 Å². The molecule has 0 saturated carbocycles. The number of nitrogens with zero attached hydrogens (tertiary/aromatic N) is 4. The number of hydrogen-bond acceptors (Lipinski definition) is 7. The molecule has 1 aliphatic heterocycles. The Bertz CT molecular complexity index is 1420. The molecule has 0 atom stereocenters. The molecule has 2 N–H and O–H groups in total. The molecule has 2 aromatic carbocycles. The molecule has 0 amide bonds. The van der Waals surface area contributed by atoms with E-state index in [1.165, 1.54) is 26.1 Å². The molecule has 0 fully saturated rings. The lowest BCUT2D eigenvalue weighted by atomic mass is 9.99. The Morgan fingerprint density at radius 1 is 1.11 bits per heavy atom. The fraction of sp³-hybridized carbons (Fsp3) is 0.345. The van der Waals surface area contributed by atoms with Crippen LogP contribution in [0.1, 0.15) is 38.3 Å². The third kappa shape index (κ3) is 5.32. The van der Waals surface area contributed by atoms with E-state index in [1.54, 1.807) is 6.20 Å². The second-order valence-electron chi connectivity index (χ2n) is 11.1. The Balaban J connectivity index is 1.50. The highest BCUT2D eigenvalue weighted by Crippen LogP contribution is 2.41. The average molecular weight is 530 g/mol. The summed E-state index contributed by atoms with van der Waals surface area (Å²) in [6.07, 6.45) is 4.58. The smallest absolute Gasteiger partial charge is 0.221 e.